The third-order valence-electron chi connectivity index (χ3n) is 6.62. The zero-order valence-electron chi connectivity index (χ0n) is 20.0. The molecule has 35 heavy (non-hydrogen) atoms. The smallest absolute Gasteiger partial charge is 0.251 e. The molecule has 10 heteroatoms. The molecule has 2 aromatic rings. The lowest BCUT2D eigenvalue weighted by Gasteiger charge is -2.33. The maximum Gasteiger partial charge on any atom is 0.251 e. The lowest BCUT2D eigenvalue weighted by molar-refractivity contribution is -0.119. The molecule has 1 amide bonds. The number of nitrogens with two attached hydrogens (primary N) is 1. The SMILES string of the molecule is CC1=C(Nc2ccc(C)cn2)C2=NCC(C(=O)Nc3ccncc3)N2N=C1N[C@H]1CC[C@H](N)CC1. The van der Waals surface area contributed by atoms with E-state index in [1.807, 2.05) is 32.2 Å². The number of nitrogens with zero attached hydrogens (tertiary/aromatic N) is 5. The van der Waals surface area contributed by atoms with Crippen LogP contribution >= 0.6 is 0 Å². The van der Waals surface area contributed by atoms with Gasteiger partial charge in [0.25, 0.3) is 5.91 Å². The van der Waals surface area contributed by atoms with Crippen LogP contribution in [0.25, 0.3) is 0 Å². The quantitative estimate of drug-likeness (QED) is 0.524. The molecule has 1 aliphatic carbocycles. The second-order valence-electron chi connectivity index (χ2n) is 9.30. The standard InChI is InChI=1S/C25H31N9O/c1-15-3-8-21(28-13-15)32-22-16(2)23(30-18-6-4-17(26)5-7-18)33-34-20(14-29-24(22)34)25(35)31-19-9-11-27-12-10-19/h3,8-13,17-18,20H,4-7,14,26H2,1-2H3,(H,28,32)(H,30,33)(H,27,31,35)/t17-,18-,20?. The molecule has 1 fully saturated rings. The van der Waals surface area contributed by atoms with Gasteiger partial charge in [0.1, 0.15) is 5.82 Å². The van der Waals surface area contributed by atoms with Gasteiger partial charge in [-0.2, -0.15) is 5.10 Å². The number of fused-ring (bicyclic) bond motifs is 1. The van der Waals surface area contributed by atoms with E-state index < -0.39 is 6.04 Å². The number of carbonyl (C=O) groups excluding carboxylic acids is 1. The summed E-state index contributed by atoms with van der Waals surface area (Å²) in [6.07, 6.45) is 9.06. The normalized spacial score (nSPS) is 23.9. The van der Waals surface area contributed by atoms with Crippen molar-refractivity contribution in [1.82, 2.24) is 20.3 Å². The van der Waals surface area contributed by atoms with Crippen molar-refractivity contribution in [1.29, 1.82) is 0 Å². The summed E-state index contributed by atoms with van der Waals surface area (Å²) in [5.74, 6) is 1.91. The number of aryl methyl sites for hydroxylation is 1. The number of hydrazone groups is 1. The van der Waals surface area contributed by atoms with E-state index in [2.05, 4.69) is 25.9 Å². The van der Waals surface area contributed by atoms with Crippen LogP contribution < -0.4 is 21.7 Å². The lowest BCUT2D eigenvalue weighted by atomic mass is 9.91. The Balaban J connectivity index is 1.42. The van der Waals surface area contributed by atoms with E-state index in [9.17, 15) is 4.79 Å². The molecule has 3 aliphatic rings. The molecule has 2 aliphatic heterocycles. The molecule has 1 saturated carbocycles. The summed E-state index contributed by atoms with van der Waals surface area (Å²) in [7, 11) is 0. The maximum absolute atomic E-state index is 13.2. The van der Waals surface area contributed by atoms with Gasteiger partial charge in [-0.05, 0) is 63.3 Å². The summed E-state index contributed by atoms with van der Waals surface area (Å²) in [5.41, 5.74) is 9.60. The van der Waals surface area contributed by atoms with Crippen LogP contribution in [-0.2, 0) is 4.79 Å². The van der Waals surface area contributed by atoms with Gasteiger partial charge in [-0.3, -0.25) is 14.8 Å². The average molecular weight is 474 g/mol. The molecule has 0 saturated heterocycles. The number of nitrogens with one attached hydrogen (secondary N) is 3. The summed E-state index contributed by atoms with van der Waals surface area (Å²) in [6, 6.07) is 7.44. The Hall–Kier alpha value is -3.79. The van der Waals surface area contributed by atoms with Crippen molar-refractivity contribution < 1.29 is 4.79 Å². The van der Waals surface area contributed by atoms with Gasteiger partial charge in [0.2, 0.25) is 0 Å². The van der Waals surface area contributed by atoms with Crippen molar-refractivity contribution in [2.24, 2.45) is 15.8 Å². The Bertz CT molecular complexity index is 1170. The summed E-state index contributed by atoms with van der Waals surface area (Å²) in [6.45, 7) is 4.32. The number of hydrogen-bond acceptors (Lipinski definition) is 9. The average Bonchev–Trinajstić information content (AvgIpc) is 3.28. The molecule has 1 atom stereocenters. The van der Waals surface area contributed by atoms with Gasteiger partial charge in [-0.15, -0.1) is 0 Å². The van der Waals surface area contributed by atoms with E-state index in [1.54, 1.807) is 29.5 Å². The summed E-state index contributed by atoms with van der Waals surface area (Å²) < 4.78 is 0. The van der Waals surface area contributed by atoms with Crippen LogP contribution in [0.5, 0.6) is 0 Å². The topological polar surface area (TPSA) is 133 Å². The van der Waals surface area contributed by atoms with Crippen molar-refractivity contribution >= 4 is 29.1 Å². The fraction of sp³-hybridized carbons (Fsp3) is 0.400. The van der Waals surface area contributed by atoms with Crippen LogP contribution in [0.1, 0.15) is 38.2 Å². The van der Waals surface area contributed by atoms with E-state index in [4.69, 9.17) is 15.8 Å². The van der Waals surface area contributed by atoms with E-state index in [-0.39, 0.29) is 18.0 Å². The van der Waals surface area contributed by atoms with Gasteiger partial charge in [-0.25, -0.2) is 9.99 Å². The first kappa shape index (κ1) is 23.0. The first-order chi connectivity index (χ1) is 17.0. The Kier molecular flexibility index (Phi) is 6.45. The number of rotatable bonds is 5. The largest absolute Gasteiger partial charge is 0.366 e. The van der Waals surface area contributed by atoms with Gasteiger partial charge < -0.3 is 21.7 Å². The molecule has 5 N–H and O–H groups in total. The van der Waals surface area contributed by atoms with E-state index >= 15 is 0 Å². The first-order valence-corrected chi connectivity index (χ1v) is 12.0. The number of hydrogen-bond donors (Lipinski definition) is 4. The fourth-order valence-corrected chi connectivity index (χ4v) is 4.52. The highest BCUT2D eigenvalue weighted by Gasteiger charge is 2.39. The zero-order chi connectivity index (χ0) is 24.4. The number of carbonyl (C=O) groups is 1. The van der Waals surface area contributed by atoms with E-state index in [0.717, 1.165) is 48.4 Å². The number of aliphatic imine (C=N–C) groups is 1. The number of amidine groups is 2. The third-order valence-corrected chi connectivity index (χ3v) is 6.62. The van der Waals surface area contributed by atoms with Crippen LogP contribution in [0.15, 0.2) is 64.2 Å². The third kappa shape index (κ3) is 5.02. The molecule has 1 unspecified atom stereocenters. The van der Waals surface area contributed by atoms with Gasteiger partial charge in [0.05, 0.1) is 12.2 Å². The molecular weight excluding hydrogens is 442 g/mol. The van der Waals surface area contributed by atoms with Crippen molar-refractivity contribution in [3.05, 3.63) is 59.7 Å². The van der Waals surface area contributed by atoms with Gasteiger partial charge in [0.15, 0.2) is 17.7 Å². The van der Waals surface area contributed by atoms with Gasteiger partial charge >= 0.3 is 0 Å². The van der Waals surface area contributed by atoms with Crippen LogP contribution in [0.3, 0.4) is 0 Å². The lowest BCUT2D eigenvalue weighted by Crippen LogP contribution is -2.49. The molecular formula is C25H31N9O. The monoisotopic (exact) mass is 473 g/mol. The molecule has 4 heterocycles. The van der Waals surface area contributed by atoms with Crippen molar-refractivity contribution in [2.45, 2.75) is 57.7 Å². The van der Waals surface area contributed by atoms with Gasteiger partial charge in [0, 0.05) is 41.9 Å². The molecule has 5 rings (SSSR count). The number of pyridine rings is 2. The first-order valence-electron chi connectivity index (χ1n) is 12.0. The summed E-state index contributed by atoms with van der Waals surface area (Å²) >= 11 is 0. The van der Waals surface area contributed by atoms with Crippen LogP contribution in [0.4, 0.5) is 11.5 Å². The fourth-order valence-electron chi connectivity index (χ4n) is 4.52. The summed E-state index contributed by atoms with van der Waals surface area (Å²) in [5, 5.41) is 16.6. The van der Waals surface area contributed by atoms with Crippen LogP contribution in [0, 0.1) is 6.92 Å². The minimum Gasteiger partial charge on any atom is -0.366 e. The van der Waals surface area contributed by atoms with Crippen LogP contribution in [-0.4, -0.2) is 57.2 Å². The Labute approximate surface area is 204 Å². The predicted octanol–water partition coefficient (Wildman–Crippen LogP) is 2.38. The Morgan fingerprint density at radius 2 is 1.86 bits per heavy atom. The van der Waals surface area contributed by atoms with Crippen molar-refractivity contribution in [3.63, 3.8) is 0 Å². The molecule has 0 aromatic carbocycles. The Morgan fingerprint density at radius 3 is 2.57 bits per heavy atom. The number of aromatic nitrogens is 2. The predicted molar refractivity (Wildman–Crippen MR) is 137 cm³/mol. The highest BCUT2D eigenvalue weighted by Crippen LogP contribution is 2.27. The molecule has 182 valence electrons. The van der Waals surface area contributed by atoms with E-state index in [0.29, 0.717) is 23.9 Å². The summed E-state index contributed by atoms with van der Waals surface area (Å²) in [4.78, 5) is 26.4. The van der Waals surface area contributed by atoms with E-state index in [1.165, 1.54) is 0 Å². The van der Waals surface area contributed by atoms with Crippen molar-refractivity contribution in [3.8, 4) is 0 Å². The molecule has 10 nitrogen and oxygen atoms in total. The maximum atomic E-state index is 13.2. The minimum atomic E-state index is -0.564. The van der Waals surface area contributed by atoms with Crippen LogP contribution in [0.2, 0.25) is 0 Å². The highest BCUT2D eigenvalue weighted by atomic mass is 16.2. The molecule has 0 spiro atoms. The zero-order valence-corrected chi connectivity index (χ0v) is 20.0. The molecule has 0 radical (unpaired) electrons. The molecule has 2 aromatic heterocycles. The van der Waals surface area contributed by atoms with Gasteiger partial charge in [-0.1, -0.05) is 6.07 Å². The number of amides is 1. The second-order valence-corrected chi connectivity index (χ2v) is 9.30. The number of anilines is 2. The Morgan fingerprint density at radius 1 is 1.09 bits per heavy atom. The molecule has 0 bridgehead atoms. The minimum absolute atomic E-state index is 0.172. The van der Waals surface area contributed by atoms with Crippen molar-refractivity contribution in [2.75, 3.05) is 17.2 Å². The highest BCUT2D eigenvalue weighted by molar-refractivity contribution is 6.15. The second kappa shape index (κ2) is 9.83.